The van der Waals surface area contributed by atoms with Crippen molar-refractivity contribution >= 4 is 0 Å². The fourth-order valence-electron chi connectivity index (χ4n) is 3.17. The van der Waals surface area contributed by atoms with Crippen molar-refractivity contribution in [1.29, 1.82) is 0 Å². The Balaban J connectivity index is 2.42. The Morgan fingerprint density at radius 3 is 2.00 bits per heavy atom. The van der Waals surface area contributed by atoms with Crippen LogP contribution in [0.25, 0.3) is 0 Å². The lowest BCUT2D eigenvalue weighted by molar-refractivity contribution is 0.210. The molecule has 0 spiro atoms. The molecule has 1 aliphatic rings. The van der Waals surface area contributed by atoms with Crippen LogP contribution in [0.5, 0.6) is 0 Å². The maximum absolute atomic E-state index is 3.87. The van der Waals surface area contributed by atoms with Gasteiger partial charge in [0.25, 0.3) is 0 Å². The van der Waals surface area contributed by atoms with E-state index >= 15 is 0 Å². The molecule has 0 aromatic rings. The molecule has 3 atom stereocenters. The Morgan fingerprint density at radius 1 is 1.07 bits per heavy atom. The van der Waals surface area contributed by atoms with E-state index in [0.717, 1.165) is 23.8 Å². The number of hydrogen-bond donors (Lipinski definition) is 1. The minimum Gasteiger partial charge on any atom is -0.311 e. The van der Waals surface area contributed by atoms with E-state index in [1.54, 1.807) is 0 Å². The first-order chi connectivity index (χ1) is 7.02. The lowest BCUT2D eigenvalue weighted by atomic mass is 9.80. The molecule has 1 aliphatic carbocycles. The summed E-state index contributed by atoms with van der Waals surface area (Å²) in [4.78, 5) is 0. The maximum Gasteiger partial charge on any atom is 0.00900 e. The van der Waals surface area contributed by atoms with Crippen LogP contribution in [0.2, 0.25) is 0 Å². The zero-order valence-electron chi connectivity index (χ0n) is 11.2. The molecule has 1 heteroatoms. The lowest BCUT2D eigenvalue weighted by Crippen LogP contribution is -2.44. The van der Waals surface area contributed by atoms with Gasteiger partial charge in [0, 0.05) is 12.1 Å². The van der Waals surface area contributed by atoms with Gasteiger partial charge in [-0.15, -0.1) is 0 Å². The summed E-state index contributed by atoms with van der Waals surface area (Å²) < 4.78 is 0. The molecular weight excluding hydrogens is 182 g/mol. The van der Waals surface area contributed by atoms with Crippen molar-refractivity contribution < 1.29 is 0 Å². The van der Waals surface area contributed by atoms with Gasteiger partial charge in [-0.1, -0.05) is 34.6 Å². The monoisotopic (exact) mass is 211 g/mol. The molecule has 1 saturated carbocycles. The molecule has 15 heavy (non-hydrogen) atoms. The van der Waals surface area contributed by atoms with Crippen LogP contribution in [0.4, 0.5) is 0 Å². The van der Waals surface area contributed by atoms with Crippen molar-refractivity contribution in [2.45, 2.75) is 72.4 Å². The molecule has 0 bridgehead atoms. The van der Waals surface area contributed by atoms with E-state index < -0.39 is 0 Å². The minimum atomic E-state index is 0.715. The quantitative estimate of drug-likeness (QED) is 0.745. The summed E-state index contributed by atoms with van der Waals surface area (Å²) in [6, 6.07) is 1.49. The van der Waals surface area contributed by atoms with Gasteiger partial charge in [-0.3, -0.25) is 0 Å². The summed E-state index contributed by atoms with van der Waals surface area (Å²) >= 11 is 0. The summed E-state index contributed by atoms with van der Waals surface area (Å²) in [6.07, 6.45) is 5.45. The summed E-state index contributed by atoms with van der Waals surface area (Å²) in [5.41, 5.74) is 0. The SMILES string of the molecule is CCC(NC1CC(C)CC(C)C1)C(C)C. The second kappa shape index (κ2) is 5.89. The largest absolute Gasteiger partial charge is 0.311 e. The number of nitrogens with one attached hydrogen (secondary N) is 1. The highest BCUT2D eigenvalue weighted by atomic mass is 15.0. The average molecular weight is 211 g/mol. The highest BCUT2D eigenvalue weighted by molar-refractivity contribution is 4.83. The normalized spacial score (nSPS) is 34.4. The van der Waals surface area contributed by atoms with E-state index in [-0.39, 0.29) is 0 Å². The Kier molecular flexibility index (Phi) is 5.11. The first-order valence-corrected chi connectivity index (χ1v) is 6.78. The highest BCUT2D eigenvalue weighted by Gasteiger charge is 2.25. The third-order valence-corrected chi connectivity index (χ3v) is 3.87. The topological polar surface area (TPSA) is 12.0 Å². The average Bonchev–Trinajstić information content (AvgIpc) is 2.12. The van der Waals surface area contributed by atoms with Gasteiger partial charge in [-0.2, -0.15) is 0 Å². The highest BCUT2D eigenvalue weighted by Crippen LogP contribution is 2.29. The first-order valence-electron chi connectivity index (χ1n) is 6.78. The van der Waals surface area contributed by atoms with Crippen molar-refractivity contribution in [3.63, 3.8) is 0 Å². The fourth-order valence-corrected chi connectivity index (χ4v) is 3.17. The molecular formula is C14H29N. The molecule has 1 fully saturated rings. The molecule has 0 aromatic carbocycles. The molecule has 1 nitrogen and oxygen atoms in total. The van der Waals surface area contributed by atoms with Gasteiger partial charge in [-0.25, -0.2) is 0 Å². The van der Waals surface area contributed by atoms with E-state index in [1.807, 2.05) is 0 Å². The molecule has 1 rings (SSSR count). The van der Waals surface area contributed by atoms with Gasteiger partial charge in [0.05, 0.1) is 0 Å². The van der Waals surface area contributed by atoms with Gasteiger partial charge in [0.15, 0.2) is 0 Å². The Labute approximate surface area is 96.0 Å². The molecule has 0 saturated heterocycles. The molecule has 0 aliphatic heterocycles. The van der Waals surface area contributed by atoms with Gasteiger partial charge < -0.3 is 5.32 Å². The Hall–Kier alpha value is -0.0400. The smallest absolute Gasteiger partial charge is 0.00900 e. The third kappa shape index (κ3) is 4.14. The van der Waals surface area contributed by atoms with Crippen molar-refractivity contribution in [2.75, 3.05) is 0 Å². The standard InChI is InChI=1S/C14H29N/c1-6-14(10(2)3)15-13-8-11(4)7-12(5)9-13/h10-15H,6-9H2,1-5H3. The molecule has 0 aromatic heterocycles. The number of rotatable bonds is 4. The van der Waals surface area contributed by atoms with Gasteiger partial charge in [-0.05, 0) is 43.4 Å². The molecule has 0 radical (unpaired) electrons. The molecule has 0 heterocycles. The fraction of sp³-hybridized carbons (Fsp3) is 1.00. The summed E-state index contributed by atoms with van der Waals surface area (Å²) in [5.74, 6) is 2.59. The molecule has 1 N–H and O–H groups in total. The zero-order valence-corrected chi connectivity index (χ0v) is 11.2. The Bertz CT molecular complexity index is 166. The maximum atomic E-state index is 3.87. The van der Waals surface area contributed by atoms with Crippen molar-refractivity contribution in [1.82, 2.24) is 5.32 Å². The molecule has 0 amide bonds. The van der Waals surface area contributed by atoms with Gasteiger partial charge >= 0.3 is 0 Å². The van der Waals surface area contributed by atoms with Crippen molar-refractivity contribution in [2.24, 2.45) is 17.8 Å². The second-order valence-electron chi connectivity index (χ2n) is 6.04. The summed E-state index contributed by atoms with van der Waals surface area (Å²) in [5, 5.41) is 3.87. The van der Waals surface area contributed by atoms with E-state index in [1.165, 1.54) is 25.7 Å². The van der Waals surface area contributed by atoms with Gasteiger partial charge in [0.1, 0.15) is 0 Å². The first kappa shape index (κ1) is 13.0. The van der Waals surface area contributed by atoms with Crippen LogP contribution in [0.3, 0.4) is 0 Å². The van der Waals surface area contributed by atoms with E-state index in [9.17, 15) is 0 Å². The van der Waals surface area contributed by atoms with Gasteiger partial charge in [0.2, 0.25) is 0 Å². The van der Waals surface area contributed by atoms with Crippen LogP contribution >= 0.6 is 0 Å². The van der Waals surface area contributed by atoms with Crippen LogP contribution in [0, 0.1) is 17.8 Å². The van der Waals surface area contributed by atoms with Crippen LogP contribution in [0.1, 0.15) is 60.3 Å². The van der Waals surface area contributed by atoms with Crippen LogP contribution in [0.15, 0.2) is 0 Å². The van der Waals surface area contributed by atoms with E-state index in [4.69, 9.17) is 0 Å². The van der Waals surface area contributed by atoms with Crippen molar-refractivity contribution in [3.8, 4) is 0 Å². The summed E-state index contributed by atoms with van der Waals surface area (Å²) in [6.45, 7) is 11.8. The van der Waals surface area contributed by atoms with E-state index in [0.29, 0.717) is 6.04 Å². The van der Waals surface area contributed by atoms with Crippen LogP contribution < -0.4 is 5.32 Å². The second-order valence-corrected chi connectivity index (χ2v) is 6.04. The number of hydrogen-bond acceptors (Lipinski definition) is 1. The minimum absolute atomic E-state index is 0.715. The van der Waals surface area contributed by atoms with Crippen LogP contribution in [-0.2, 0) is 0 Å². The predicted octanol–water partition coefficient (Wildman–Crippen LogP) is 3.84. The summed E-state index contributed by atoms with van der Waals surface area (Å²) in [7, 11) is 0. The van der Waals surface area contributed by atoms with Crippen LogP contribution in [-0.4, -0.2) is 12.1 Å². The van der Waals surface area contributed by atoms with E-state index in [2.05, 4.69) is 39.9 Å². The molecule has 3 unspecified atom stereocenters. The predicted molar refractivity (Wildman–Crippen MR) is 68.0 cm³/mol. The Morgan fingerprint density at radius 2 is 1.60 bits per heavy atom. The molecule has 90 valence electrons. The zero-order chi connectivity index (χ0) is 11.4. The third-order valence-electron chi connectivity index (χ3n) is 3.87. The lowest BCUT2D eigenvalue weighted by Gasteiger charge is -2.35. The van der Waals surface area contributed by atoms with Crippen molar-refractivity contribution in [3.05, 3.63) is 0 Å².